The van der Waals surface area contributed by atoms with Gasteiger partial charge < -0.3 is 14.5 Å². The summed E-state index contributed by atoms with van der Waals surface area (Å²) in [5, 5.41) is 4.13. The lowest BCUT2D eigenvalue weighted by Gasteiger charge is -2.10. The molecule has 0 amide bonds. The highest BCUT2D eigenvalue weighted by Gasteiger charge is 2.03. The van der Waals surface area contributed by atoms with Crippen LogP contribution in [0.2, 0.25) is 5.02 Å². The first kappa shape index (κ1) is 14.9. The Hall–Kier alpha value is -1.45. The highest BCUT2D eigenvalue weighted by Crippen LogP contribution is 2.25. The highest BCUT2D eigenvalue weighted by molar-refractivity contribution is 6.32. The van der Waals surface area contributed by atoms with Crippen LogP contribution in [0.15, 0.2) is 34.9 Å². The summed E-state index contributed by atoms with van der Waals surface area (Å²) in [6.07, 6.45) is 2.63. The Morgan fingerprint density at radius 3 is 2.65 bits per heavy atom. The number of aryl methyl sites for hydroxylation is 2. The smallest absolute Gasteiger partial charge is 0.119 e. The van der Waals surface area contributed by atoms with Gasteiger partial charge in [0.05, 0.1) is 19.4 Å². The van der Waals surface area contributed by atoms with Gasteiger partial charge in [-0.05, 0) is 62.2 Å². The molecule has 0 saturated heterocycles. The van der Waals surface area contributed by atoms with Gasteiger partial charge in [0.25, 0.3) is 0 Å². The number of furan rings is 1. The lowest BCUT2D eigenvalue weighted by molar-refractivity contribution is 0.306. The van der Waals surface area contributed by atoms with Crippen LogP contribution in [-0.2, 0) is 6.54 Å². The van der Waals surface area contributed by atoms with Gasteiger partial charge in [-0.15, -0.1) is 0 Å². The molecule has 20 heavy (non-hydrogen) atoms. The SMILES string of the molecule is Cc1cc(OCCCNCc2ccco2)cc(C)c1Cl. The monoisotopic (exact) mass is 293 g/mol. The van der Waals surface area contributed by atoms with E-state index in [1.807, 2.05) is 38.1 Å². The second-order valence-electron chi connectivity index (χ2n) is 4.83. The molecule has 0 aliphatic rings. The van der Waals surface area contributed by atoms with Crippen molar-refractivity contribution < 1.29 is 9.15 Å². The van der Waals surface area contributed by atoms with Gasteiger partial charge in [-0.2, -0.15) is 0 Å². The van der Waals surface area contributed by atoms with E-state index < -0.39 is 0 Å². The van der Waals surface area contributed by atoms with Crippen LogP contribution in [0.1, 0.15) is 23.3 Å². The van der Waals surface area contributed by atoms with Crippen molar-refractivity contribution in [1.82, 2.24) is 5.32 Å². The van der Waals surface area contributed by atoms with Crippen molar-refractivity contribution in [3.05, 3.63) is 52.4 Å². The predicted octanol–water partition coefficient (Wildman–Crippen LogP) is 4.11. The van der Waals surface area contributed by atoms with Gasteiger partial charge in [0.2, 0.25) is 0 Å². The minimum absolute atomic E-state index is 0.686. The largest absolute Gasteiger partial charge is 0.494 e. The van der Waals surface area contributed by atoms with E-state index in [1.165, 1.54) is 0 Å². The molecule has 3 nitrogen and oxygen atoms in total. The summed E-state index contributed by atoms with van der Waals surface area (Å²) in [6.45, 7) is 6.32. The average Bonchev–Trinajstić information content (AvgIpc) is 2.93. The van der Waals surface area contributed by atoms with Crippen molar-refractivity contribution in [2.24, 2.45) is 0 Å². The third kappa shape index (κ3) is 4.29. The van der Waals surface area contributed by atoms with E-state index in [2.05, 4.69) is 5.32 Å². The third-order valence-corrected chi connectivity index (χ3v) is 3.65. The Kier molecular flexibility index (Phi) is 5.50. The molecule has 0 atom stereocenters. The van der Waals surface area contributed by atoms with Crippen LogP contribution in [0.25, 0.3) is 0 Å². The molecule has 1 aromatic carbocycles. The maximum Gasteiger partial charge on any atom is 0.119 e. The zero-order valence-electron chi connectivity index (χ0n) is 11.9. The molecule has 1 heterocycles. The summed E-state index contributed by atoms with van der Waals surface area (Å²) in [5.41, 5.74) is 2.11. The van der Waals surface area contributed by atoms with Gasteiger partial charge in [0.15, 0.2) is 0 Å². The third-order valence-electron chi connectivity index (χ3n) is 3.06. The topological polar surface area (TPSA) is 34.4 Å². The Morgan fingerprint density at radius 2 is 2.00 bits per heavy atom. The molecule has 0 saturated carbocycles. The van der Waals surface area contributed by atoms with Gasteiger partial charge >= 0.3 is 0 Å². The number of nitrogens with one attached hydrogen (secondary N) is 1. The van der Waals surface area contributed by atoms with Crippen molar-refractivity contribution in [3.63, 3.8) is 0 Å². The first-order chi connectivity index (χ1) is 9.66. The average molecular weight is 294 g/mol. The van der Waals surface area contributed by atoms with Crippen molar-refractivity contribution >= 4 is 11.6 Å². The van der Waals surface area contributed by atoms with Crippen molar-refractivity contribution in [1.29, 1.82) is 0 Å². The summed E-state index contributed by atoms with van der Waals surface area (Å²) in [7, 11) is 0. The fourth-order valence-corrected chi connectivity index (χ4v) is 2.11. The van der Waals surface area contributed by atoms with Crippen molar-refractivity contribution in [2.75, 3.05) is 13.2 Å². The Balaban J connectivity index is 1.66. The van der Waals surface area contributed by atoms with Gasteiger partial charge in [-0.3, -0.25) is 0 Å². The fourth-order valence-electron chi connectivity index (χ4n) is 2.00. The van der Waals surface area contributed by atoms with E-state index in [0.717, 1.165) is 47.2 Å². The van der Waals surface area contributed by atoms with Crippen molar-refractivity contribution in [2.45, 2.75) is 26.8 Å². The summed E-state index contributed by atoms with van der Waals surface area (Å²) >= 11 is 6.13. The van der Waals surface area contributed by atoms with Crippen LogP contribution in [0.4, 0.5) is 0 Å². The number of hydrogen-bond acceptors (Lipinski definition) is 3. The Morgan fingerprint density at radius 1 is 1.25 bits per heavy atom. The molecule has 108 valence electrons. The lowest BCUT2D eigenvalue weighted by Crippen LogP contribution is -2.16. The number of ether oxygens (including phenoxy) is 1. The molecule has 2 aromatic rings. The Labute approximate surface area is 124 Å². The predicted molar refractivity (Wildman–Crippen MR) is 81.5 cm³/mol. The summed E-state index contributed by atoms with van der Waals surface area (Å²) in [4.78, 5) is 0. The lowest BCUT2D eigenvalue weighted by atomic mass is 10.1. The summed E-state index contributed by atoms with van der Waals surface area (Å²) in [6, 6.07) is 7.81. The minimum Gasteiger partial charge on any atom is -0.494 e. The van der Waals surface area contributed by atoms with E-state index in [-0.39, 0.29) is 0 Å². The quantitative estimate of drug-likeness (QED) is 0.780. The first-order valence-electron chi connectivity index (χ1n) is 6.79. The van der Waals surface area contributed by atoms with Crippen LogP contribution in [-0.4, -0.2) is 13.2 Å². The zero-order valence-corrected chi connectivity index (χ0v) is 12.7. The van der Waals surface area contributed by atoms with Crippen LogP contribution < -0.4 is 10.1 Å². The molecule has 4 heteroatoms. The molecule has 1 N–H and O–H groups in total. The maximum absolute atomic E-state index is 6.13. The molecule has 0 aliphatic heterocycles. The van der Waals surface area contributed by atoms with Gasteiger partial charge in [0, 0.05) is 5.02 Å². The molecule has 2 rings (SSSR count). The number of rotatable bonds is 7. The van der Waals surface area contributed by atoms with E-state index in [4.69, 9.17) is 20.8 Å². The first-order valence-corrected chi connectivity index (χ1v) is 7.17. The van der Waals surface area contributed by atoms with Crippen LogP contribution >= 0.6 is 11.6 Å². The standard InChI is InChI=1S/C16H20ClNO2/c1-12-9-15(10-13(2)16(12)17)20-8-4-6-18-11-14-5-3-7-19-14/h3,5,7,9-10,18H,4,6,8,11H2,1-2H3. The fraction of sp³-hybridized carbons (Fsp3) is 0.375. The molecule has 1 aromatic heterocycles. The molecule has 0 aliphatic carbocycles. The van der Waals surface area contributed by atoms with Crippen LogP contribution in [0.3, 0.4) is 0 Å². The van der Waals surface area contributed by atoms with Crippen molar-refractivity contribution in [3.8, 4) is 5.75 Å². The van der Waals surface area contributed by atoms with E-state index in [0.29, 0.717) is 6.61 Å². The highest BCUT2D eigenvalue weighted by atomic mass is 35.5. The van der Waals surface area contributed by atoms with Gasteiger partial charge in [0.1, 0.15) is 11.5 Å². The molecule has 0 fully saturated rings. The van der Waals surface area contributed by atoms with Crippen LogP contribution in [0, 0.1) is 13.8 Å². The van der Waals surface area contributed by atoms with E-state index in [1.54, 1.807) is 6.26 Å². The second kappa shape index (κ2) is 7.36. The van der Waals surface area contributed by atoms with Crippen LogP contribution in [0.5, 0.6) is 5.75 Å². The van der Waals surface area contributed by atoms with Gasteiger partial charge in [-0.1, -0.05) is 11.6 Å². The molecule has 0 spiro atoms. The summed E-state index contributed by atoms with van der Waals surface area (Å²) in [5.74, 6) is 1.84. The van der Waals surface area contributed by atoms with E-state index >= 15 is 0 Å². The zero-order chi connectivity index (χ0) is 14.4. The normalized spacial score (nSPS) is 10.8. The van der Waals surface area contributed by atoms with E-state index in [9.17, 15) is 0 Å². The van der Waals surface area contributed by atoms with Gasteiger partial charge in [-0.25, -0.2) is 0 Å². The number of benzene rings is 1. The minimum atomic E-state index is 0.686. The molecule has 0 radical (unpaired) electrons. The second-order valence-corrected chi connectivity index (χ2v) is 5.21. The maximum atomic E-state index is 6.13. The molecule has 0 bridgehead atoms. The number of hydrogen-bond donors (Lipinski definition) is 1. The summed E-state index contributed by atoms with van der Waals surface area (Å²) < 4.78 is 11.0. The Bertz CT molecular complexity index is 514. The molecular weight excluding hydrogens is 274 g/mol. The molecular formula is C16H20ClNO2. The molecule has 0 unspecified atom stereocenters. The number of halogens is 1.